The summed E-state index contributed by atoms with van der Waals surface area (Å²) in [6.07, 6.45) is 0. The zero-order valence-corrected chi connectivity index (χ0v) is 14.6. The topological polar surface area (TPSA) is 12.0 Å². The molecule has 1 atom stereocenters. The molecule has 4 heteroatoms. The Bertz CT molecular complexity index is 384. The molecule has 1 aromatic heterocycles. The summed E-state index contributed by atoms with van der Waals surface area (Å²) in [5.74, 6) is 1.24. The molecule has 2 rings (SSSR count). The van der Waals surface area contributed by atoms with Gasteiger partial charge >= 0.3 is 0 Å². The first kappa shape index (κ1) is 14.6. The highest BCUT2D eigenvalue weighted by atomic mass is 32.2. The van der Waals surface area contributed by atoms with Gasteiger partial charge in [-0.15, -0.1) is 23.1 Å². The van der Waals surface area contributed by atoms with Gasteiger partial charge in [0.15, 0.2) is 0 Å². The van der Waals surface area contributed by atoms with Crippen molar-refractivity contribution in [2.45, 2.75) is 50.7 Å². The van der Waals surface area contributed by atoms with Crippen molar-refractivity contribution in [2.75, 3.05) is 12.3 Å². The Morgan fingerprint density at radius 1 is 1.22 bits per heavy atom. The van der Waals surface area contributed by atoms with Crippen LogP contribution >= 0.6 is 23.1 Å². The lowest BCUT2D eigenvalue weighted by Gasteiger charge is -2.27. The Morgan fingerprint density at radius 3 is 2.39 bits per heavy atom. The van der Waals surface area contributed by atoms with Crippen LogP contribution < -0.4 is 9.82 Å². The molecule has 0 bridgehead atoms. The van der Waals surface area contributed by atoms with Gasteiger partial charge in [-0.1, -0.05) is 45.0 Å². The van der Waals surface area contributed by atoms with Gasteiger partial charge in [0.1, 0.15) is 0 Å². The summed E-state index contributed by atoms with van der Waals surface area (Å²) in [5.41, 5.74) is 0. The van der Waals surface area contributed by atoms with Crippen molar-refractivity contribution in [2.24, 2.45) is 0 Å². The van der Waals surface area contributed by atoms with Crippen molar-refractivity contribution in [3.8, 4) is 0 Å². The molecule has 102 valence electrons. The molecule has 0 aliphatic carbocycles. The summed E-state index contributed by atoms with van der Waals surface area (Å²) >= 11 is 4.15. The van der Waals surface area contributed by atoms with Gasteiger partial charge in [0.2, 0.25) is 0 Å². The first-order valence-corrected chi connectivity index (χ1v) is 11.5. The van der Waals surface area contributed by atoms with Crippen LogP contribution in [0.15, 0.2) is 12.1 Å². The van der Waals surface area contributed by atoms with E-state index in [2.05, 4.69) is 68.2 Å². The summed E-state index contributed by atoms with van der Waals surface area (Å²) in [6, 6.07) is 8.98. The largest absolute Gasteiger partial charge is 0.298 e. The van der Waals surface area contributed by atoms with E-state index in [4.69, 9.17) is 0 Å². The standard InChI is InChI=1S/C14H25NS2Si/c1-5-18(6-2,7-3)13-9-8-12(17-13)14(4)15-10-11-16-14/h8-9,15H,5-7,10-11H2,1-4H3. The second-order valence-electron chi connectivity index (χ2n) is 5.31. The average molecular weight is 300 g/mol. The molecule has 1 unspecified atom stereocenters. The van der Waals surface area contributed by atoms with E-state index in [9.17, 15) is 0 Å². The first-order valence-electron chi connectivity index (χ1n) is 7.10. The van der Waals surface area contributed by atoms with Crippen LogP contribution in [0.3, 0.4) is 0 Å². The zero-order chi connectivity index (χ0) is 13.2. The van der Waals surface area contributed by atoms with E-state index in [0.29, 0.717) is 0 Å². The molecule has 1 aliphatic rings. The van der Waals surface area contributed by atoms with E-state index in [1.807, 2.05) is 0 Å². The molecule has 18 heavy (non-hydrogen) atoms. The van der Waals surface area contributed by atoms with Crippen LogP contribution in [0.5, 0.6) is 0 Å². The molecule has 0 spiro atoms. The lowest BCUT2D eigenvalue weighted by Crippen LogP contribution is -2.43. The summed E-state index contributed by atoms with van der Waals surface area (Å²) < 4.78 is 1.72. The van der Waals surface area contributed by atoms with Crippen LogP contribution in [0.25, 0.3) is 0 Å². The highest BCUT2D eigenvalue weighted by molar-refractivity contribution is 8.00. The zero-order valence-electron chi connectivity index (χ0n) is 12.0. The average Bonchev–Trinajstić information content (AvgIpc) is 3.02. The third kappa shape index (κ3) is 2.45. The van der Waals surface area contributed by atoms with Crippen molar-refractivity contribution in [3.05, 3.63) is 17.0 Å². The Labute approximate surface area is 121 Å². The van der Waals surface area contributed by atoms with Gasteiger partial charge in [0, 0.05) is 17.2 Å². The van der Waals surface area contributed by atoms with Crippen molar-refractivity contribution in [3.63, 3.8) is 0 Å². The van der Waals surface area contributed by atoms with Gasteiger partial charge in [-0.3, -0.25) is 5.32 Å². The van der Waals surface area contributed by atoms with E-state index in [1.54, 1.807) is 4.50 Å². The molecule has 1 saturated heterocycles. The monoisotopic (exact) mass is 299 g/mol. The summed E-state index contributed by atoms with van der Waals surface area (Å²) in [4.78, 5) is 1.71. The fourth-order valence-electron chi connectivity index (χ4n) is 2.91. The predicted octanol–water partition coefficient (Wildman–Crippen LogP) is 3.97. The van der Waals surface area contributed by atoms with Crippen LogP contribution in [0, 0.1) is 0 Å². The van der Waals surface area contributed by atoms with Crippen LogP contribution in [0.2, 0.25) is 18.1 Å². The second-order valence-corrected chi connectivity index (χ2v) is 13.5. The third-order valence-electron chi connectivity index (χ3n) is 4.58. The van der Waals surface area contributed by atoms with E-state index < -0.39 is 8.07 Å². The van der Waals surface area contributed by atoms with Gasteiger partial charge in [0.05, 0.1) is 12.9 Å². The van der Waals surface area contributed by atoms with Gasteiger partial charge in [-0.25, -0.2) is 0 Å². The number of thiophene rings is 1. The SMILES string of the molecule is CC[Si](CC)(CC)c1ccc(C2(C)NCCS2)s1. The van der Waals surface area contributed by atoms with E-state index in [0.717, 1.165) is 6.54 Å². The summed E-state index contributed by atoms with van der Waals surface area (Å²) in [5, 5.41) is 3.66. The fourth-order valence-corrected chi connectivity index (χ4v) is 10.5. The Morgan fingerprint density at radius 2 is 1.89 bits per heavy atom. The van der Waals surface area contributed by atoms with Crippen molar-refractivity contribution in [1.82, 2.24) is 5.32 Å². The Hall–Kier alpha value is 0.227. The minimum atomic E-state index is -1.18. The summed E-state index contributed by atoms with van der Waals surface area (Å²) in [7, 11) is -1.18. The molecular formula is C14H25NS2Si. The lowest BCUT2D eigenvalue weighted by molar-refractivity contribution is 0.584. The normalized spacial score (nSPS) is 24.7. The number of hydrogen-bond acceptors (Lipinski definition) is 3. The van der Waals surface area contributed by atoms with E-state index in [1.165, 1.54) is 28.8 Å². The van der Waals surface area contributed by atoms with Gasteiger partial charge < -0.3 is 0 Å². The molecule has 0 aromatic carbocycles. The van der Waals surface area contributed by atoms with E-state index >= 15 is 0 Å². The number of hydrogen-bond donors (Lipinski definition) is 1. The molecule has 0 radical (unpaired) electrons. The maximum Gasteiger partial charge on any atom is 0.0987 e. The molecule has 2 heterocycles. The van der Waals surface area contributed by atoms with Crippen LogP contribution in [0.4, 0.5) is 0 Å². The molecule has 1 fully saturated rings. The highest BCUT2D eigenvalue weighted by Gasteiger charge is 2.36. The van der Waals surface area contributed by atoms with Crippen LogP contribution in [-0.2, 0) is 4.87 Å². The molecule has 0 amide bonds. The van der Waals surface area contributed by atoms with Crippen molar-refractivity contribution < 1.29 is 0 Å². The smallest absolute Gasteiger partial charge is 0.0987 e. The predicted molar refractivity (Wildman–Crippen MR) is 89.0 cm³/mol. The number of rotatable bonds is 5. The fraction of sp³-hybridized carbons (Fsp3) is 0.714. The maximum atomic E-state index is 3.66. The Kier molecular flexibility index (Phi) is 4.63. The minimum Gasteiger partial charge on any atom is -0.298 e. The Balaban J connectivity index is 2.29. The molecule has 1 aliphatic heterocycles. The molecular weight excluding hydrogens is 274 g/mol. The van der Waals surface area contributed by atoms with E-state index in [-0.39, 0.29) is 4.87 Å². The van der Waals surface area contributed by atoms with Crippen molar-refractivity contribution in [1.29, 1.82) is 0 Å². The highest BCUT2D eigenvalue weighted by Crippen LogP contribution is 2.39. The molecule has 0 saturated carbocycles. The quantitative estimate of drug-likeness (QED) is 0.826. The number of thioether (sulfide) groups is 1. The van der Waals surface area contributed by atoms with Gasteiger partial charge in [0.25, 0.3) is 0 Å². The maximum absolute atomic E-state index is 3.66. The third-order valence-corrected chi connectivity index (χ3v) is 14.1. The van der Waals surface area contributed by atoms with Crippen LogP contribution in [0.1, 0.15) is 32.6 Å². The van der Waals surface area contributed by atoms with Crippen LogP contribution in [-0.4, -0.2) is 20.4 Å². The van der Waals surface area contributed by atoms with Crippen molar-refractivity contribution >= 4 is 35.7 Å². The van der Waals surface area contributed by atoms with Gasteiger partial charge in [-0.05, 0) is 17.5 Å². The van der Waals surface area contributed by atoms with Gasteiger partial charge in [-0.2, -0.15) is 0 Å². The summed E-state index contributed by atoms with van der Waals surface area (Å²) in [6.45, 7) is 10.7. The lowest BCUT2D eigenvalue weighted by atomic mass is 10.2. The number of nitrogens with one attached hydrogen (secondary N) is 1. The molecule has 1 N–H and O–H groups in total. The second kappa shape index (κ2) is 5.69. The minimum absolute atomic E-state index is 0.179. The molecule has 1 aromatic rings. The molecule has 1 nitrogen and oxygen atoms in total. The first-order chi connectivity index (χ1) is 8.60.